The predicted molar refractivity (Wildman–Crippen MR) is 125 cm³/mol. The summed E-state index contributed by atoms with van der Waals surface area (Å²) >= 11 is 6.24. The SMILES string of the molecule is CC1(C)O[C@@H]2[C@H](O1)C(COCP(=O)(O)O)O[C@H]2n1cnc2c(NCc3ccccc3)nc(Cl)nc21. The molecule has 14 heteroatoms. The Morgan fingerprint density at radius 1 is 1.20 bits per heavy atom. The van der Waals surface area contributed by atoms with E-state index in [1.54, 1.807) is 24.7 Å². The molecule has 0 saturated carbocycles. The minimum atomic E-state index is -4.32. The minimum Gasteiger partial charge on any atom is -0.366 e. The smallest absolute Gasteiger partial charge is 0.350 e. The van der Waals surface area contributed by atoms with Crippen molar-refractivity contribution in [1.29, 1.82) is 0 Å². The lowest BCUT2D eigenvalue weighted by atomic mass is 10.1. The Balaban J connectivity index is 1.41. The van der Waals surface area contributed by atoms with Crippen molar-refractivity contribution >= 4 is 36.2 Å². The predicted octanol–water partition coefficient (Wildman–Crippen LogP) is 2.66. The van der Waals surface area contributed by atoms with Gasteiger partial charge >= 0.3 is 7.60 Å². The third-order valence-corrected chi connectivity index (χ3v) is 6.33. The summed E-state index contributed by atoms with van der Waals surface area (Å²) in [5.41, 5.74) is 2.01. The Morgan fingerprint density at radius 3 is 2.69 bits per heavy atom. The summed E-state index contributed by atoms with van der Waals surface area (Å²) in [7, 11) is -4.32. The maximum Gasteiger partial charge on any atom is 0.350 e. The van der Waals surface area contributed by atoms with Gasteiger partial charge in [0.2, 0.25) is 5.28 Å². The summed E-state index contributed by atoms with van der Waals surface area (Å²) < 4.78 is 36.4. The zero-order valence-electron chi connectivity index (χ0n) is 18.9. The van der Waals surface area contributed by atoms with Gasteiger partial charge in [0.1, 0.15) is 24.7 Å². The average Bonchev–Trinajstić information content (AvgIpc) is 3.43. The number of aromatic nitrogens is 4. The molecule has 2 fully saturated rings. The molecular formula is C21H25ClN5O7P. The molecule has 4 atom stereocenters. The van der Waals surface area contributed by atoms with Gasteiger partial charge in [-0.3, -0.25) is 9.13 Å². The van der Waals surface area contributed by atoms with Crippen LogP contribution in [-0.2, 0) is 30.1 Å². The van der Waals surface area contributed by atoms with Crippen LogP contribution < -0.4 is 5.32 Å². The Morgan fingerprint density at radius 2 is 1.94 bits per heavy atom. The molecule has 0 radical (unpaired) electrons. The fourth-order valence-electron chi connectivity index (χ4n) is 4.29. The first-order valence-electron chi connectivity index (χ1n) is 10.9. The number of fused-ring (bicyclic) bond motifs is 2. The van der Waals surface area contributed by atoms with Gasteiger partial charge < -0.3 is 34.1 Å². The lowest BCUT2D eigenvalue weighted by molar-refractivity contribution is -0.201. The molecule has 4 heterocycles. The van der Waals surface area contributed by atoms with Crippen LogP contribution in [0.5, 0.6) is 0 Å². The highest BCUT2D eigenvalue weighted by Gasteiger charge is 2.56. The van der Waals surface area contributed by atoms with Crippen LogP contribution in [0.1, 0.15) is 25.6 Å². The Labute approximate surface area is 205 Å². The highest BCUT2D eigenvalue weighted by molar-refractivity contribution is 7.51. The topological polar surface area (TPSA) is 150 Å². The van der Waals surface area contributed by atoms with Crippen molar-refractivity contribution in [2.75, 3.05) is 18.3 Å². The van der Waals surface area contributed by atoms with Gasteiger partial charge in [0.05, 0.1) is 12.9 Å². The molecule has 3 N–H and O–H groups in total. The largest absolute Gasteiger partial charge is 0.366 e. The molecule has 1 aromatic carbocycles. The van der Waals surface area contributed by atoms with Gasteiger partial charge in [0.15, 0.2) is 29.0 Å². The lowest BCUT2D eigenvalue weighted by Crippen LogP contribution is -2.33. The molecule has 35 heavy (non-hydrogen) atoms. The van der Waals surface area contributed by atoms with E-state index in [-0.39, 0.29) is 11.9 Å². The Kier molecular flexibility index (Phi) is 6.58. The molecule has 12 nitrogen and oxygen atoms in total. The van der Waals surface area contributed by atoms with Crippen molar-refractivity contribution in [2.45, 2.75) is 50.7 Å². The average molecular weight is 526 g/mol. The number of nitrogens with one attached hydrogen (secondary N) is 1. The van der Waals surface area contributed by atoms with E-state index >= 15 is 0 Å². The number of nitrogens with zero attached hydrogens (tertiary/aromatic N) is 4. The van der Waals surface area contributed by atoms with Gasteiger partial charge in [-0.1, -0.05) is 30.3 Å². The number of ether oxygens (including phenoxy) is 4. The number of hydrogen-bond acceptors (Lipinski definition) is 9. The number of hydrogen-bond donors (Lipinski definition) is 3. The van der Waals surface area contributed by atoms with E-state index < -0.39 is 44.3 Å². The highest BCUT2D eigenvalue weighted by Crippen LogP contribution is 2.44. The molecule has 1 unspecified atom stereocenters. The third-order valence-electron chi connectivity index (χ3n) is 5.64. The van der Waals surface area contributed by atoms with Gasteiger partial charge in [-0.25, -0.2) is 4.98 Å². The highest BCUT2D eigenvalue weighted by atomic mass is 35.5. The van der Waals surface area contributed by atoms with Crippen LogP contribution in [0.25, 0.3) is 11.2 Å². The van der Waals surface area contributed by atoms with E-state index in [1.165, 1.54) is 0 Å². The first-order chi connectivity index (χ1) is 16.6. The zero-order chi connectivity index (χ0) is 24.8. The second-order valence-corrected chi connectivity index (χ2v) is 10.7. The van der Waals surface area contributed by atoms with E-state index in [4.69, 9.17) is 40.3 Å². The standard InChI is InChI=1S/C21H25ClN5O7P/c1-21(2)33-15-13(9-31-11-35(28,29)30)32-19(16(15)34-21)27-10-24-14-17(25-20(22)26-18(14)27)23-8-12-6-4-3-5-7-12/h3-7,10,13,15-16,19H,8-9,11H2,1-2H3,(H,23,25,26)(H2,28,29,30)/t13?,15-,16-,19-/m1/s1. The normalized spacial score (nSPS) is 25.7. The molecule has 2 saturated heterocycles. The van der Waals surface area contributed by atoms with Gasteiger partial charge in [0, 0.05) is 6.54 Å². The van der Waals surface area contributed by atoms with Crippen LogP contribution in [0.3, 0.4) is 0 Å². The second-order valence-electron chi connectivity index (χ2n) is 8.80. The molecule has 2 aliphatic rings. The van der Waals surface area contributed by atoms with Crippen molar-refractivity contribution in [3.63, 3.8) is 0 Å². The second kappa shape index (κ2) is 9.38. The van der Waals surface area contributed by atoms with Gasteiger partial charge in [-0.05, 0) is 31.0 Å². The summed E-state index contributed by atoms with van der Waals surface area (Å²) in [6.45, 7) is 4.00. The molecule has 3 aromatic rings. The third kappa shape index (κ3) is 5.35. The zero-order valence-corrected chi connectivity index (χ0v) is 20.6. The van der Waals surface area contributed by atoms with Gasteiger partial charge in [0.25, 0.3) is 0 Å². The fourth-order valence-corrected chi connectivity index (χ4v) is 4.79. The van der Waals surface area contributed by atoms with E-state index in [9.17, 15) is 4.57 Å². The monoisotopic (exact) mass is 525 g/mol. The quantitative estimate of drug-likeness (QED) is 0.294. The molecule has 188 valence electrons. The fraction of sp³-hybridized carbons (Fsp3) is 0.476. The van der Waals surface area contributed by atoms with Gasteiger partial charge in [-0.2, -0.15) is 9.97 Å². The van der Waals surface area contributed by atoms with Crippen LogP contribution in [-0.4, -0.2) is 66.4 Å². The summed E-state index contributed by atoms with van der Waals surface area (Å²) in [5, 5.41) is 3.29. The summed E-state index contributed by atoms with van der Waals surface area (Å²) in [6.07, 6.45) is -1.55. The van der Waals surface area contributed by atoms with Crippen molar-refractivity contribution in [3.8, 4) is 0 Å². The van der Waals surface area contributed by atoms with Crippen molar-refractivity contribution in [1.82, 2.24) is 19.5 Å². The van der Waals surface area contributed by atoms with E-state index in [1.807, 2.05) is 30.3 Å². The van der Waals surface area contributed by atoms with Gasteiger partial charge in [-0.15, -0.1) is 0 Å². The van der Waals surface area contributed by atoms with Crippen LogP contribution in [0.4, 0.5) is 5.82 Å². The first kappa shape index (κ1) is 24.5. The Hall–Kier alpha value is -2.15. The number of rotatable bonds is 8. The number of benzene rings is 1. The molecule has 0 amide bonds. The maximum absolute atomic E-state index is 11.2. The number of imidazole rings is 1. The van der Waals surface area contributed by atoms with Crippen LogP contribution in [0.15, 0.2) is 36.7 Å². The molecular weight excluding hydrogens is 501 g/mol. The van der Waals surface area contributed by atoms with Crippen molar-refractivity contribution in [3.05, 3.63) is 47.5 Å². The first-order valence-corrected chi connectivity index (χ1v) is 13.1. The van der Waals surface area contributed by atoms with Crippen LogP contribution >= 0.6 is 19.2 Å². The molecule has 0 aliphatic carbocycles. The summed E-state index contributed by atoms with van der Waals surface area (Å²) in [4.78, 5) is 31.4. The number of halogens is 1. The van der Waals surface area contributed by atoms with Crippen molar-refractivity contribution < 1.29 is 33.3 Å². The minimum absolute atomic E-state index is 0.0369. The van der Waals surface area contributed by atoms with Crippen LogP contribution in [0.2, 0.25) is 5.28 Å². The van der Waals surface area contributed by atoms with Crippen LogP contribution in [0, 0.1) is 0 Å². The molecule has 2 aliphatic heterocycles. The lowest BCUT2D eigenvalue weighted by Gasteiger charge is -2.24. The molecule has 0 bridgehead atoms. The molecule has 2 aromatic heterocycles. The summed E-state index contributed by atoms with van der Waals surface area (Å²) in [5.74, 6) is -0.410. The number of anilines is 1. The Bertz CT molecular complexity index is 1250. The maximum atomic E-state index is 11.2. The van der Waals surface area contributed by atoms with E-state index in [0.717, 1.165) is 5.56 Å². The summed E-state index contributed by atoms with van der Waals surface area (Å²) in [6, 6.07) is 9.83. The van der Waals surface area contributed by atoms with Crippen molar-refractivity contribution in [2.24, 2.45) is 0 Å². The van der Waals surface area contributed by atoms with E-state index in [0.29, 0.717) is 23.5 Å². The molecule has 5 rings (SSSR count). The van der Waals surface area contributed by atoms with E-state index in [2.05, 4.69) is 20.3 Å². The molecule has 0 spiro atoms.